The molecule has 0 bridgehead atoms. The largest absolute Gasteiger partial charge is 0.391 e. The fourth-order valence-electron chi connectivity index (χ4n) is 2.60. The van der Waals surface area contributed by atoms with E-state index in [0.29, 0.717) is 0 Å². The van der Waals surface area contributed by atoms with Crippen LogP contribution in [0.5, 0.6) is 0 Å². The topological polar surface area (TPSA) is 32.6 Å². The number of hydrogen-bond acceptors (Lipinski definition) is 2. The maximum absolute atomic E-state index is 8.55. The number of allylic oxidation sites excluding steroid dienone is 2. The Kier molecular flexibility index (Phi) is 19.8. The smallest absolute Gasteiger partial charge is 0.0779 e. The Morgan fingerprint density at radius 1 is 0.682 bits per heavy atom. The molecule has 0 heterocycles. The van der Waals surface area contributed by atoms with Crippen LogP contribution in [0.15, 0.2) is 17.1 Å². The SMILES string of the molecule is CCCCCCCC/C=C\CCCCCCCCN=CCO. The van der Waals surface area contributed by atoms with E-state index >= 15 is 0 Å². The number of aliphatic hydroxyl groups is 1. The van der Waals surface area contributed by atoms with Gasteiger partial charge in [0, 0.05) is 12.8 Å². The van der Waals surface area contributed by atoms with Gasteiger partial charge in [-0.3, -0.25) is 4.99 Å². The first-order chi connectivity index (χ1) is 10.9. The molecule has 0 aliphatic heterocycles. The summed E-state index contributed by atoms with van der Waals surface area (Å²) in [4.78, 5) is 4.11. The lowest BCUT2D eigenvalue weighted by atomic mass is 10.1. The van der Waals surface area contributed by atoms with Gasteiger partial charge in [0.25, 0.3) is 0 Å². The average Bonchev–Trinajstić information content (AvgIpc) is 2.54. The summed E-state index contributed by atoms with van der Waals surface area (Å²) in [5.41, 5.74) is 0. The third-order valence-corrected chi connectivity index (χ3v) is 4.01. The van der Waals surface area contributed by atoms with Gasteiger partial charge in [0.2, 0.25) is 0 Å². The number of aliphatic imine (C=N–C) groups is 1. The summed E-state index contributed by atoms with van der Waals surface area (Å²) in [6.45, 7) is 3.23. The molecule has 0 amide bonds. The molecule has 130 valence electrons. The molecule has 0 rings (SSSR count). The van der Waals surface area contributed by atoms with E-state index in [2.05, 4.69) is 24.1 Å². The van der Waals surface area contributed by atoms with Gasteiger partial charge >= 0.3 is 0 Å². The van der Waals surface area contributed by atoms with Crippen molar-refractivity contribution in [2.75, 3.05) is 13.2 Å². The summed E-state index contributed by atoms with van der Waals surface area (Å²) in [5.74, 6) is 0. The molecule has 0 aliphatic rings. The molecule has 0 saturated carbocycles. The highest BCUT2D eigenvalue weighted by Crippen LogP contribution is 2.09. The molecule has 2 heteroatoms. The van der Waals surface area contributed by atoms with E-state index in [4.69, 9.17) is 5.11 Å². The molecule has 2 nitrogen and oxygen atoms in total. The van der Waals surface area contributed by atoms with Gasteiger partial charge in [-0.15, -0.1) is 0 Å². The predicted molar refractivity (Wildman–Crippen MR) is 99.9 cm³/mol. The third kappa shape index (κ3) is 19.4. The maximum Gasteiger partial charge on any atom is 0.0779 e. The Morgan fingerprint density at radius 2 is 1.18 bits per heavy atom. The lowest BCUT2D eigenvalue weighted by Gasteiger charge is -1.99. The highest BCUT2D eigenvalue weighted by Gasteiger charge is 1.91. The molecule has 1 N–H and O–H groups in total. The van der Waals surface area contributed by atoms with Gasteiger partial charge in [0.1, 0.15) is 0 Å². The van der Waals surface area contributed by atoms with Crippen LogP contribution in [-0.4, -0.2) is 24.5 Å². The van der Waals surface area contributed by atoms with Crippen molar-refractivity contribution >= 4 is 6.21 Å². The van der Waals surface area contributed by atoms with Crippen LogP contribution in [0.1, 0.15) is 96.8 Å². The summed E-state index contributed by atoms with van der Waals surface area (Å²) in [5, 5.41) is 8.55. The monoisotopic (exact) mass is 309 g/mol. The van der Waals surface area contributed by atoms with Crippen LogP contribution in [0.3, 0.4) is 0 Å². The van der Waals surface area contributed by atoms with Crippen LogP contribution in [0.4, 0.5) is 0 Å². The van der Waals surface area contributed by atoms with Crippen molar-refractivity contribution in [3.63, 3.8) is 0 Å². The van der Waals surface area contributed by atoms with Gasteiger partial charge in [-0.1, -0.05) is 76.9 Å². The van der Waals surface area contributed by atoms with Gasteiger partial charge in [-0.2, -0.15) is 0 Å². The minimum Gasteiger partial charge on any atom is -0.391 e. The number of hydrogen-bond donors (Lipinski definition) is 1. The van der Waals surface area contributed by atoms with Crippen LogP contribution in [0.2, 0.25) is 0 Å². The van der Waals surface area contributed by atoms with Crippen molar-refractivity contribution in [1.29, 1.82) is 0 Å². The molecular weight excluding hydrogens is 270 g/mol. The zero-order chi connectivity index (χ0) is 16.1. The van der Waals surface area contributed by atoms with Crippen molar-refractivity contribution in [2.45, 2.75) is 96.8 Å². The molecule has 0 radical (unpaired) electrons. The highest BCUT2D eigenvalue weighted by atomic mass is 16.2. The normalized spacial score (nSPS) is 11.9. The Morgan fingerprint density at radius 3 is 1.73 bits per heavy atom. The molecule has 0 aromatic carbocycles. The Hall–Kier alpha value is -0.630. The molecule has 0 saturated heterocycles. The summed E-state index contributed by atoms with van der Waals surface area (Å²) in [6.07, 6.45) is 25.1. The van der Waals surface area contributed by atoms with E-state index in [1.807, 2.05) is 0 Å². The van der Waals surface area contributed by atoms with Crippen molar-refractivity contribution in [3.8, 4) is 0 Å². The standard InChI is InChI=1S/C20H39NO/c1-2-3-4-5-6-7-8-9-10-11-12-13-14-15-16-17-18-21-19-20-22/h9-10,19,22H,2-8,11-18,20H2,1H3/b10-9-,21-19?. The molecule has 0 atom stereocenters. The van der Waals surface area contributed by atoms with E-state index in [-0.39, 0.29) is 6.61 Å². The quantitative estimate of drug-likeness (QED) is 0.197. The Bertz CT molecular complexity index is 248. The third-order valence-electron chi connectivity index (χ3n) is 4.01. The molecular formula is C20H39NO. The molecule has 0 aromatic heterocycles. The second-order valence-electron chi connectivity index (χ2n) is 6.21. The van der Waals surface area contributed by atoms with E-state index in [0.717, 1.165) is 13.0 Å². The first kappa shape index (κ1) is 21.4. The number of nitrogens with zero attached hydrogens (tertiary/aromatic N) is 1. The molecule has 0 unspecified atom stereocenters. The van der Waals surface area contributed by atoms with Crippen molar-refractivity contribution in [2.24, 2.45) is 4.99 Å². The van der Waals surface area contributed by atoms with Crippen molar-refractivity contribution in [1.82, 2.24) is 0 Å². The molecule has 0 aliphatic carbocycles. The van der Waals surface area contributed by atoms with Crippen LogP contribution >= 0.6 is 0 Å². The van der Waals surface area contributed by atoms with Crippen molar-refractivity contribution < 1.29 is 5.11 Å². The highest BCUT2D eigenvalue weighted by molar-refractivity contribution is 5.57. The summed E-state index contributed by atoms with van der Waals surface area (Å²) >= 11 is 0. The summed E-state index contributed by atoms with van der Waals surface area (Å²) in [6, 6.07) is 0. The van der Waals surface area contributed by atoms with Crippen LogP contribution in [0.25, 0.3) is 0 Å². The minimum absolute atomic E-state index is 0.0758. The number of unbranched alkanes of at least 4 members (excludes halogenated alkanes) is 12. The second kappa shape index (κ2) is 20.4. The average molecular weight is 310 g/mol. The van der Waals surface area contributed by atoms with E-state index in [1.54, 1.807) is 6.21 Å². The van der Waals surface area contributed by atoms with Crippen molar-refractivity contribution in [3.05, 3.63) is 12.2 Å². The predicted octanol–water partition coefficient (Wildman–Crippen LogP) is 6.09. The van der Waals surface area contributed by atoms with E-state index < -0.39 is 0 Å². The van der Waals surface area contributed by atoms with Crippen LogP contribution in [0, 0.1) is 0 Å². The molecule has 0 spiro atoms. The lowest BCUT2D eigenvalue weighted by molar-refractivity contribution is 0.361. The van der Waals surface area contributed by atoms with Gasteiger partial charge in [-0.25, -0.2) is 0 Å². The summed E-state index contributed by atoms with van der Waals surface area (Å²) in [7, 11) is 0. The first-order valence-electron chi connectivity index (χ1n) is 9.66. The fourth-order valence-corrected chi connectivity index (χ4v) is 2.60. The zero-order valence-corrected chi connectivity index (χ0v) is 14.9. The van der Waals surface area contributed by atoms with Gasteiger partial charge in [0.05, 0.1) is 6.61 Å². The summed E-state index contributed by atoms with van der Waals surface area (Å²) < 4.78 is 0. The van der Waals surface area contributed by atoms with Gasteiger partial charge in [-0.05, 0) is 32.1 Å². The number of aliphatic hydroxyl groups excluding tert-OH is 1. The lowest BCUT2D eigenvalue weighted by Crippen LogP contribution is -1.87. The van der Waals surface area contributed by atoms with E-state index in [9.17, 15) is 0 Å². The molecule has 22 heavy (non-hydrogen) atoms. The van der Waals surface area contributed by atoms with E-state index in [1.165, 1.54) is 83.5 Å². The zero-order valence-electron chi connectivity index (χ0n) is 14.9. The minimum atomic E-state index is 0.0758. The molecule has 0 fully saturated rings. The Labute approximate surface area is 139 Å². The van der Waals surface area contributed by atoms with Gasteiger partial charge < -0.3 is 5.11 Å². The van der Waals surface area contributed by atoms with Gasteiger partial charge in [0.15, 0.2) is 0 Å². The number of rotatable bonds is 17. The fraction of sp³-hybridized carbons (Fsp3) is 0.850. The van der Waals surface area contributed by atoms with Crippen LogP contribution < -0.4 is 0 Å². The maximum atomic E-state index is 8.55. The Balaban J connectivity index is 3.06. The first-order valence-corrected chi connectivity index (χ1v) is 9.66. The second-order valence-corrected chi connectivity index (χ2v) is 6.21. The van der Waals surface area contributed by atoms with Crippen LogP contribution in [-0.2, 0) is 0 Å². The molecule has 0 aromatic rings.